The number of hydrogen-bond acceptors (Lipinski definition) is 4. The van der Waals surface area contributed by atoms with E-state index in [-0.39, 0.29) is 0 Å². The van der Waals surface area contributed by atoms with Gasteiger partial charge in [-0.15, -0.1) is 0 Å². The second-order valence-electron chi connectivity index (χ2n) is 3.94. The lowest BCUT2D eigenvalue weighted by atomic mass is 10.2. The Hall–Kier alpha value is -1.62. The van der Waals surface area contributed by atoms with Crippen molar-refractivity contribution in [1.82, 2.24) is 20.3 Å². The first-order chi connectivity index (χ1) is 7.70. The summed E-state index contributed by atoms with van der Waals surface area (Å²) < 4.78 is 0. The predicted octanol–water partition coefficient (Wildman–Crippen LogP) is 1.25. The predicted molar refractivity (Wildman–Crippen MR) is 65.3 cm³/mol. The molecule has 5 heteroatoms. The van der Waals surface area contributed by atoms with Gasteiger partial charge in [-0.25, -0.2) is 9.97 Å². The Morgan fingerprint density at radius 1 is 1.44 bits per heavy atom. The van der Waals surface area contributed by atoms with Crippen LogP contribution in [0.2, 0.25) is 0 Å². The Morgan fingerprint density at radius 2 is 2.25 bits per heavy atom. The summed E-state index contributed by atoms with van der Waals surface area (Å²) in [6, 6.07) is 3.69. The number of likely N-dealkylation sites (N-methyl/N-ethyl adjacent to an activating group) is 1. The van der Waals surface area contributed by atoms with Crippen LogP contribution in [0.5, 0.6) is 0 Å². The largest absolute Gasteiger partial charge is 0.384 e. The summed E-state index contributed by atoms with van der Waals surface area (Å²) in [4.78, 5) is 11.9. The molecule has 1 atom stereocenters. The molecule has 4 N–H and O–H groups in total. The Labute approximate surface area is 94.5 Å². The third-order valence-corrected chi connectivity index (χ3v) is 2.55. The smallest absolute Gasteiger partial charge is 0.179 e. The number of nitrogens with two attached hydrogens (primary N) is 1. The monoisotopic (exact) mass is 219 g/mol. The number of fused-ring (bicyclic) bond motifs is 1. The van der Waals surface area contributed by atoms with Crippen molar-refractivity contribution in [3.63, 3.8) is 0 Å². The molecule has 0 fully saturated rings. The topological polar surface area (TPSA) is 79.6 Å². The lowest BCUT2D eigenvalue weighted by molar-refractivity contribution is 0.614. The van der Waals surface area contributed by atoms with E-state index in [9.17, 15) is 0 Å². The molecule has 2 aromatic rings. The van der Waals surface area contributed by atoms with Crippen LogP contribution in [0.1, 0.15) is 25.6 Å². The normalized spacial score (nSPS) is 13.1. The van der Waals surface area contributed by atoms with Crippen LogP contribution in [0.4, 0.5) is 5.82 Å². The van der Waals surface area contributed by atoms with E-state index >= 15 is 0 Å². The summed E-state index contributed by atoms with van der Waals surface area (Å²) in [6.07, 6.45) is 0. The third kappa shape index (κ3) is 2.14. The fourth-order valence-corrected chi connectivity index (χ4v) is 1.62. The van der Waals surface area contributed by atoms with Crippen LogP contribution < -0.4 is 11.1 Å². The minimum absolute atomic E-state index is 0.343. The highest BCUT2D eigenvalue weighted by molar-refractivity contribution is 5.72. The highest BCUT2D eigenvalue weighted by atomic mass is 15.0. The van der Waals surface area contributed by atoms with E-state index in [4.69, 9.17) is 5.73 Å². The highest BCUT2D eigenvalue weighted by Crippen LogP contribution is 2.16. The molecule has 0 spiro atoms. The van der Waals surface area contributed by atoms with Crippen molar-refractivity contribution in [2.45, 2.75) is 19.8 Å². The Bertz CT molecular complexity index is 476. The van der Waals surface area contributed by atoms with Gasteiger partial charge in [0.15, 0.2) is 5.65 Å². The first-order valence-electron chi connectivity index (χ1n) is 5.53. The number of nitrogens with zero attached hydrogens (tertiary/aromatic N) is 2. The molecule has 0 bridgehead atoms. The molecule has 2 heterocycles. The van der Waals surface area contributed by atoms with Gasteiger partial charge < -0.3 is 16.0 Å². The van der Waals surface area contributed by atoms with E-state index in [2.05, 4.69) is 34.1 Å². The number of aromatic amines is 1. The van der Waals surface area contributed by atoms with Gasteiger partial charge in [-0.3, -0.25) is 0 Å². The molecule has 2 aromatic heterocycles. The van der Waals surface area contributed by atoms with Gasteiger partial charge in [-0.2, -0.15) is 0 Å². The number of H-pyrrole nitrogens is 1. The minimum atomic E-state index is 0.343. The fourth-order valence-electron chi connectivity index (χ4n) is 1.62. The van der Waals surface area contributed by atoms with Crippen LogP contribution in [0.25, 0.3) is 11.2 Å². The molecule has 1 unspecified atom stereocenters. The third-order valence-electron chi connectivity index (χ3n) is 2.55. The van der Waals surface area contributed by atoms with Crippen molar-refractivity contribution in [3.8, 4) is 0 Å². The highest BCUT2D eigenvalue weighted by Gasteiger charge is 2.10. The zero-order chi connectivity index (χ0) is 11.5. The minimum Gasteiger partial charge on any atom is -0.384 e. The van der Waals surface area contributed by atoms with Gasteiger partial charge in [0.05, 0.1) is 5.52 Å². The molecular weight excluding hydrogens is 202 g/mol. The number of anilines is 1. The maximum Gasteiger partial charge on any atom is 0.179 e. The number of aromatic nitrogens is 3. The number of imidazole rings is 1. The summed E-state index contributed by atoms with van der Waals surface area (Å²) in [5.74, 6) is 1.80. The van der Waals surface area contributed by atoms with E-state index in [1.807, 2.05) is 6.07 Å². The van der Waals surface area contributed by atoms with Gasteiger partial charge >= 0.3 is 0 Å². The van der Waals surface area contributed by atoms with Gasteiger partial charge in [-0.1, -0.05) is 13.8 Å². The second kappa shape index (κ2) is 4.49. The number of rotatable bonds is 4. The van der Waals surface area contributed by atoms with Crippen molar-refractivity contribution in [2.24, 2.45) is 0 Å². The quantitative estimate of drug-likeness (QED) is 0.723. The summed E-state index contributed by atoms with van der Waals surface area (Å²) in [5, 5.41) is 3.30. The van der Waals surface area contributed by atoms with E-state index in [1.54, 1.807) is 6.07 Å². The van der Waals surface area contributed by atoms with E-state index in [0.29, 0.717) is 17.4 Å². The lowest BCUT2D eigenvalue weighted by Crippen LogP contribution is -2.20. The average Bonchev–Trinajstić information content (AvgIpc) is 2.68. The SMILES string of the molecule is CCNCC(C)c1nc2nc(N)ccc2[nH]1. The van der Waals surface area contributed by atoms with Gasteiger partial charge in [0.2, 0.25) is 0 Å². The number of hydrogen-bond donors (Lipinski definition) is 3. The Balaban J connectivity index is 2.25. The molecule has 0 radical (unpaired) electrons. The fraction of sp³-hybridized carbons (Fsp3) is 0.455. The van der Waals surface area contributed by atoms with Gasteiger partial charge in [0.1, 0.15) is 11.6 Å². The molecule has 5 nitrogen and oxygen atoms in total. The summed E-state index contributed by atoms with van der Waals surface area (Å²) >= 11 is 0. The van der Waals surface area contributed by atoms with E-state index in [1.165, 1.54) is 0 Å². The molecule has 16 heavy (non-hydrogen) atoms. The van der Waals surface area contributed by atoms with Crippen molar-refractivity contribution in [3.05, 3.63) is 18.0 Å². The molecular formula is C11H17N5. The molecule has 0 amide bonds. The summed E-state index contributed by atoms with van der Waals surface area (Å²) in [5.41, 5.74) is 7.24. The van der Waals surface area contributed by atoms with Gasteiger partial charge in [0.25, 0.3) is 0 Å². The molecule has 0 aliphatic carbocycles. The zero-order valence-electron chi connectivity index (χ0n) is 9.62. The molecule has 86 valence electrons. The van der Waals surface area contributed by atoms with Crippen LogP contribution in [-0.2, 0) is 0 Å². The molecule has 2 rings (SSSR count). The molecule has 0 aliphatic rings. The van der Waals surface area contributed by atoms with Crippen LogP contribution in [-0.4, -0.2) is 28.0 Å². The lowest BCUT2D eigenvalue weighted by Gasteiger charge is -2.07. The van der Waals surface area contributed by atoms with Crippen molar-refractivity contribution >= 4 is 17.0 Å². The zero-order valence-corrected chi connectivity index (χ0v) is 9.62. The first-order valence-corrected chi connectivity index (χ1v) is 5.53. The standard InChI is InChI=1S/C11H17N5/c1-3-13-6-7(2)10-14-8-4-5-9(12)15-11(8)16-10/h4-5,7,13H,3,6H2,1-2H3,(H3,12,14,15,16). The Morgan fingerprint density at radius 3 is 3.00 bits per heavy atom. The van der Waals surface area contributed by atoms with Crippen LogP contribution in [0.15, 0.2) is 12.1 Å². The van der Waals surface area contributed by atoms with Crippen molar-refractivity contribution < 1.29 is 0 Å². The van der Waals surface area contributed by atoms with Crippen molar-refractivity contribution in [2.75, 3.05) is 18.8 Å². The number of nitrogen functional groups attached to an aromatic ring is 1. The molecule has 0 saturated heterocycles. The van der Waals surface area contributed by atoms with E-state index < -0.39 is 0 Å². The first kappa shape index (κ1) is 10.9. The number of nitrogens with one attached hydrogen (secondary N) is 2. The second-order valence-corrected chi connectivity index (χ2v) is 3.94. The van der Waals surface area contributed by atoms with E-state index in [0.717, 1.165) is 24.4 Å². The van der Waals surface area contributed by atoms with Crippen LogP contribution in [0, 0.1) is 0 Å². The summed E-state index contributed by atoms with van der Waals surface area (Å²) in [7, 11) is 0. The van der Waals surface area contributed by atoms with Crippen LogP contribution in [0.3, 0.4) is 0 Å². The van der Waals surface area contributed by atoms with Gasteiger partial charge in [0, 0.05) is 12.5 Å². The molecule has 0 saturated carbocycles. The summed E-state index contributed by atoms with van der Waals surface area (Å²) in [6.45, 7) is 6.10. The average molecular weight is 219 g/mol. The number of pyridine rings is 1. The maximum absolute atomic E-state index is 5.61. The molecule has 0 aliphatic heterocycles. The Kier molecular flexibility index (Phi) is 3.05. The van der Waals surface area contributed by atoms with Crippen molar-refractivity contribution in [1.29, 1.82) is 0 Å². The molecule has 0 aromatic carbocycles. The van der Waals surface area contributed by atoms with Gasteiger partial charge in [-0.05, 0) is 18.7 Å². The maximum atomic E-state index is 5.61. The van der Waals surface area contributed by atoms with Crippen LogP contribution >= 0.6 is 0 Å².